The van der Waals surface area contributed by atoms with E-state index in [1.54, 1.807) is 0 Å². The first-order valence-corrected chi connectivity index (χ1v) is 15.1. The summed E-state index contributed by atoms with van der Waals surface area (Å²) in [5.41, 5.74) is 5.59. The Morgan fingerprint density at radius 2 is 1.42 bits per heavy atom. The topological polar surface area (TPSA) is 120 Å². The Kier molecular flexibility index (Phi) is 11.3. The average Bonchev–Trinajstić information content (AvgIpc) is 2.95. The van der Waals surface area contributed by atoms with Crippen LogP contribution >= 0.6 is 8.25 Å². The molecular formula is C28H39N4O5P. The molecule has 206 valence electrons. The number of nitrogens with zero attached hydrogens (tertiary/aromatic N) is 2. The van der Waals surface area contributed by atoms with Crippen LogP contribution in [0.4, 0.5) is 11.5 Å². The Hall–Kier alpha value is -2.61. The van der Waals surface area contributed by atoms with Crippen molar-refractivity contribution in [1.29, 1.82) is 0 Å². The summed E-state index contributed by atoms with van der Waals surface area (Å²) in [6.07, 6.45) is 9.79. The van der Waals surface area contributed by atoms with Gasteiger partial charge in [-0.15, -0.1) is 0 Å². The van der Waals surface area contributed by atoms with Crippen molar-refractivity contribution in [3.63, 3.8) is 0 Å². The van der Waals surface area contributed by atoms with Crippen molar-refractivity contribution in [1.82, 2.24) is 9.97 Å². The fourth-order valence-electron chi connectivity index (χ4n) is 4.75. The third-order valence-corrected chi connectivity index (χ3v) is 7.63. The minimum Gasteiger partial charge on any atom is -0.384 e. The number of nitrogens with one attached hydrogen (secondary N) is 2. The molecule has 1 atom stereocenters. The van der Waals surface area contributed by atoms with Gasteiger partial charge in [-0.05, 0) is 88.0 Å². The molecule has 0 fully saturated rings. The standard InChI is InChI=1S/C28H39N4O5P/c33-24(10-3-1-8-22-15-16-26-27(31-22)12-6-17-29-26)19-36-38(35)37-20-25(34)11-4-2-9-23-14-13-21-7-5-18-30-28(21)32-23/h13-16,29,38H,1-12,17-20H2,(H,30,32). The number of aromatic nitrogens is 2. The number of rotatable bonds is 16. The van der Waals surface area contributed by atoms with Gasteiger partial charge in [0.05, 0.1) is 11.4 Å². The summed E-state index contributed by atoms with van der Waals surface area (Å²) >= 11 is 0. The number of fused-ring (bicyclic) bond motifs is 2. The summed E-state index contributed by atoms with van der Waals surface area (Å²) in [5.74, 6) is 0.749. The molecule has 4 heterocycles. The second-order valence-electron chi connectivity index (χ2n) is 9.99. The van der Waals surface area contributed by atoms with Gasteiger partial charge in [-0.1, -0.05) is 6.07 Å². The quantitative estimate of drug-likeness (QED) is 0.226. The lowest BCUT2D eigenvalue weighted by Crippen LogP contribution is -2.14. The fourth-order valence-corrected chi connectivity index (χ4v) is 5.39. The van der Waals surface area contributed by atoms with Crippen LogP contribution in [0.25, 0.3) is 0 Å². The molecule has 38 heavy (non-hydrogen) atoms. The van der Waals surface area contributed by atoms with E-state index in [4.69, 9.17) is 14.0 Å². The lowest BCUT2D eigenvalue weighted by Gasteiger charge is -2.17. The van der Waals surface area contributed by atoms with E-state index in [0.717, 1.165) is 99.5 Å². The third kappa shape index (κ3) is 9.29. The van der Waals surface area contributed by atoms with Gasteiger partial charge in [0.15, 0.2) is 11.6 Å². The van der Waals surface area contributed by atoms with Gasteiger partial charge >= 0.3 is 8.25 Å². The number of carbonyl (C=O) groups is 2. The van der Waals surface area contributed by atoms with Crippen molar-refractivity contribution in [2.75, 3.05) is 36.9 Å². The van der Waals surface area contributed by atoms with Crippen LogP contribution in [0, 0.1) is 0 Å². The summed E-state index contributed by atoms with van der Waals surface area (Å²) in [6.45, 7) is 1.46. The summed E-state index contributed by atoms with van der Waals surface area (Å²) < 4.78 is 22.0. The molecule has 0 radical (unpaired) electrons. The molecule has 9 nitrogen and oxygen atoms in total. The van der Waals surface area contributed by atoms with Crippen LogP contribution in [0.3, 0.4) is 0 Å². The van der Waals surface area contributed by atoms with Gasteiger partial charge in [0.2, 0.25) is 0 Å². The zero-order valence-corrected chi connectivity index (χ0v) is 23.1. The third-order valence-electron chi connectivity index (χ3n) is 6.87. The number of pyridine rings is 2. The first-order valence-electron chi connectivity index (χ1n) is 13.8. The lowest BCUT2D eigenvalue weighted by atomic mass is 10.1. The molecule has 0 spiro atoms. The Labute approximate surface area is 225 Å². The van der Waals surface area contributed by atoms with Crippen molar-refractivity contribution in [3.05, 3.63) is 46.9 Å². The lowest BCUT2D eigenvalue weighted by molar-refractivity contribution is -0.121. The Balaban J connectivity index is 1.01. The molecule has 4 rings (SSSR count). The van der Waals surface area contributed by atoms with Gasteiger partial charge in [-0.25, -0.2) is 4.98 Å². The monoisotopic (exact) mass is 542 g/mol. The van der Waals surface area contributed by atoms with Crippen molar-refractivity contribution < 1.29 is 23.2 Å². The molecule has 2 aromatic heterocycles. The number of aryl methyl sites for hydroxylation is 4. The van der Waals surface area contributed by atoms with Gasteiger partial charge in [-0.2, -0.15) is 0 Å². The first kappa shape index (κ1) is 28.4. The number of hydrogen-bond donors (Lipinski definition) is 2. The van der Waals surface area contributed by atoms with Gasteiger partial charge < -0.3 is 19.7 Å². The number of Topliss-reactive ketones (excluding diaryl/α,β-unsaturated/α-hetero) is 2. The highest BCUT2D eigenvalue weighted by Crippen LogP contribution is 2.24. The van der Waals surface area contributed by atoms with Crippen LogP contribution in [0.2, 0.25) is 0 Å². The highest BCUT2D eigenvalue weighted by atomic mass is 31.1. The van der Waals surface area contributed by atoms with Crippen LogP contribution in [-0.2, 0) is 48.9 Å². The van der Waals surface area contributed by atoms with E-state index in [1.165, 1.54) is 5.56 Å². The number of carbonyl (C=O) groups excluding carboxylic acids is 2. The molecule has 2 aliphatic heterocycles. The molecule has 2 aromatic rings. The van der Waals surface area contributed by atoms with E-state index in [1.807, 2.05) is 6.07 Å². The first-order chi connectivity index (χ1) is 18.6. The largest absolute Gasteiger partial charge is 0.384 e. The summed E-state index contributed by atoms with van der Waals surface area (Å²) in [7, 11) is -2.87. The predicted octanol–water partition coefficient (Wildman–Crippen LogP) is 4.88. The summed E-state index contributed by atoms with van der Waals surface area (Å²) in [5, 5.41) is 6.70. The highest BCUT2D eigenvalue weighted by molar-refractivity contribution is 7.33. The number of hydrogen-bond acceptors (Lipinski definition) is 9. The van der Waals surface area contributed by atoms with Gasteiger partial charge in [0.25, 0.3) is 0 Å². The second kappa shape index (κ2) is 15.1. The molecule has 0 aromatic carbocycles. The molecule has 0 bridgehead atoms. The van der Waals surface area contributed by atoms with Gasteiger partial charge in [0, 0.05) is 37.3 Å². The zero-order valence-electron chi connectivity index (χ0n) is 22.1. The maximum Gasteiger partial charge on any atom is 0.319 e. The number of unbranched alkanes of at least 4 members (excludes halogenated alkanes) is 2. The highest BCUT2D eigenvalue weighted by Gasteiger charge is 2.13. The molecule has 0 saturated carbocycles. The molecule has 2 N–H and O–H groups in total. The van der Waals surface area contributed by atoms with Crippen molar-refractivity contribution >= 4 is 31.3 Å². The van der Waals surface area contributed by atoms with Crippen LogP contribution in [0.5, 0.6) is 0 Å². The van der Waals surface area contributed by atoms with Gasteiger partial charge in [0.1, 0.15) is 19.0 Å². The van der Waals surface area contributed by atoms with E-state index in [-0.39, 0.29) is 24.8 Å². The predicted molar refractivity (Wildman–Crippen MR) is 148 cm³/mol. The Morgan fingerprint density at radius 1 is 0.789 bits per heavy atom. The van der Waals surface area contributed by atoms with E-state index < -0.39 is 8.25 Å². The Bertz CT molecular complexity index is 1040. The van der Waals surface area contributed by atoms with Crippen molar-refractivity contribution in [2.24, 2.45) is 0 Å². The summed E-state index contributed by atoms with van der Waals surface area (Å²) in [4.78, 5) is 33.5. The van der Waals surface area contributed by atoms with Gasteiger partial charge in [-0.3, -0.25) is 19.1 Å². The molecule has 0 aliphatic carbocycles. The van der Waals surface area contributed by atoms with E-state index in [2.05, 4.69) is 33.8 Å². The number of ketones is 2. The minimum atomic E-state index is -2.87. The zero-order chi connectivity index (χ0) is 26.6. The Morgan fingerprint density at radius 3 is 2.16 bits per heavy atom. The molecule has 10 heteroatoms. The average molecular weight is 543 g/mol. The molecule has 2 aliphatic rings. The van der Waals surface area contributed by atoms with Crippen LogP contribution in [0.1, 0.15) is 74.0 Å². The molecular weight excluding hydrogens is 503 g/mol. The van der Waals surface area contributed by atoms with Crippen LogP contribution in [0.15, 0.2) is 24.3 Å². The fraction of sp³-hybridized carbons (Fsp3) is 0.571. The van der Waals surface area contributed by atoms with Crippen molar-refractivity contribution in [2.45, 2.75) is 77.0 Å². The van der Waals surface area contributed by atoms with Crippen LogP contribution < -0.4 is 10.6 Å². The SMILES string of the molecule is O=C(CCCCc1ccc2c(n1)CCCN2)CO[PH](=O)OCC(=O)CCCCc1ccc2c(n1)NCCC2. The maximum atomic E-state index is 12.1. The van der Waals surface area contributed by atoms with Crippen LogP contribution in [-0.4, -0.2) is 47.8 Å². The molecule has 1 unspecified atom stereocenters. The smallest absolute Gasteiger partial charge is 0.319 e. The van der Waals surface area contributed by atoms with E-state index >= 15 is 0 Å². The minimum absolute atomic E-state index is 0.119. The van der Waals surface area contributed by atoms with E-state index in [0.29, 0.717) is 19.3 Å². The normalized spacial score (nSPS) is 15.1. The second-order valence-corrected chi connectivity index (χ2v) is 11.1. The molecule has 0 saturated heterocycles. The summed E-state index contributed by atoms with van der Waals surface area (Å²) in [6, 6.07) is 8.32. The van der Waals surface area contributed by atoms with E-state index in [9.17, 15) is 14.2 Å². The maximum absolute atomic E-state index is 12.1. The van der Waals surface area contributed by atoms with Crippen molar-refractivity contribution in [3.8, 4) is 0 Å². The molecule has 0 amide bonds. The number of anilines is 2.